The van der Waals surface area contributed by atoms with E-state index in [1.165, 1.54) is 6.42 Å². The Morgan fingerprint density at radius 2 is 1.94 bits per heavy atom. The molecule has 8 nitrogen and oxygen atoms in total. The summed E-state index contributed by atoms with van der Waals surface area (Å²) in [5, 5.41) is 30.5. The van der Waals surface area contributed by atoms with Crippen molar-refractivity contribution in [2.45, 2.75) is 76.7 Å². The van der Waals surface area contributed by atoms with Gasteiger partial charge in [0, 0.05) is 0 Å². The number of carbonyl (C=O) groups excluding carboxylic acids is 1. The molecule has 0 saturated heterocycles. The van der Waals surface area contributed by atoms with E-state index in [0.29, 0.717) is 24.2 Å². The number of anilines is 1. The predicted molar refractivity (Wildman–Crippen MR) is 118 cm³/mol. The number of hydrazone groups is 2. The first-order chi connectivity index (χ1) is 15.0. The quantitative estimate of drug-likeness (QED) is 0.485. The largest absolute Gasteiger partial charge is 0.505 e. The van der Waals surface area contributed by atoms with Crippen molar-refractivity contribution in [2.24, 2.45) is 16.1 Å². The van der Waals surface area contributed by atoms with Crippen LogP contribution in [-0.4, -0.2) is 44.6 Å². The topological polar surface area (TPSA) is 115 Å². The van der Waals surface area contributed by atoms with E-state index in [0.717, 1.165) is 44.1 Å². The minimum Gasteiger partial charge on any atom is -0.505 e. The van der Waals surface area contributed by atoms with E-state index in [2.05, 4.69) is 15.6 Å². The van der Waals surface area contributed by atoms with Crippen LogP contribution in [0.5, 0.6) is 5.75 Å². The van der Waals surface area contributed by atoms with Crippen LogP contribution in [-0.2, 0) is 9.59 Å². The number of aromatic hydroxyl groups is 1. The summed E-state index contributed by atoms with van der Waals surface area (Å²) >= 11 is 0. The van der Waals surface area contributed by atoms with Gasteiger partial charge in [0.25, 0.3) is 5.91 Å². The van der Waals surface area contributed by atoms with Crippen LogP contribution in [0.3, 0.4) is 0 Å². The van der Waals surface area contributed by atoms with E-state index in [-0.39, 0.29) is 35.2 Å². The third-order valence-electron chi connectivity index (χ3n) is 6.75. The Kier molecular flexibility index (Phi) is 6.25. The maximum Gasteiger partial charge on any atom is 0.306 e. The van der Waals surface area contributed by atoms with Gasteiger partial charge in [-0.05, 0) is 56.6 Å². The second-order valence-electron chi connectivity index (χ2n) is 8.84. The Morgan fingerprint density at radius 1 is 1.16 bits per heavy atom. The van der Waals surface area contributed by atoms with Gasteiger partial charge in [-0.25, -0.2) is 5.01 Å². The Morgan fingerprint density at radius 3 is 2.68 bits per heavy atom. The molecular weight excluding hydrogens is 396 g/mol. The summed E-state index contributed by atoms with van der Waals surface area (Å²) < 4.78 is 0. The molecule has 2 atom stereocenters. The molecule has 166 valence electrons. The summed E-state index contributed by atoms with van der Waals surface area (Å²) in [6.45, 7) is 1.77. The summed E-state index contributed by atoms with van der Waals surface area (Å²) in [6, 6.07) is 5.48. The molecule has 31 heavy (non-hydrogen) atoms. The average Bonchev–Trinajstić information content (AvgIpc) is 3.07. The summed E-state index contributed by atoms with van der Waals surface area (Å²) in [5.41, 5.74) is 4.80. The number of rotatable bonds is 5. The number of nitrogens with zero attached hydrogens (tertiary/aromatic N) is 3. The molecule has 3 aliphatic rings. The molecule has 0 radical (unpaired) electrons. The van der Waals surface area contributed by atoms with Crippen LogP contribution in [0.1, 0.15) is 76.2 Å². The third kappa shape index (κ3) is 4.43. The molecule has 1 aliphatic heterocycles. The molecule has 0 aromatic heterocycles. The minimum absolute atomic E-state index is 0.0116. The average molecular weight is 427 g/mol. The van der Waals surface area contributed by atoms with Crippen molar-refractivity contribution in [3.63, 3.8) is 0 Å². The first kappa shape index (κ1) is 21.3. The van der Waals surface area contributed by atoms with Crippen LogP contribution in [0.4, 0.5) is 5.69 Å². The Balaban J connectivity index is 1.49. The first-order valence-corrected chi connectivity index (χ1v) is 11.2. The number of carboxylic acids is 1. The summed E-state index contributed by atoms with van der Waals surface area (Å²) in [6.07, 6.45) is 8.20. The van der Waals surface area contributed by atoms with Gasteiger partial charge in [-0.3, -0.25) is 15.0 Å². The summed E-state index contributed by atoms with van der Waals surface area (Å²) in [7, 11) is 0. The van der Waals surface area contributed by atoms with Crippen molar-refractivity contribution >= 4 is 29.0 Å². The first-order valence-electron chi connectivity index (χ1n) is 11.2. The van der Waals surface area contributed by atoms with Gasteiger partial charge in [-0.2, -0.15) is 10.2 Å². The number of benzene rings is 1. The van der Waals surface area contributed by atoms with Gasteiger partial charge < -0.3 is 10.2 Å². The van der Waals surface area contributed by atoms with E-state index >= 15 is 0 Å². The standard InChI is InChI=1S/C23H30N4O4/c1-14-20(22(29)27(26-14)17-9-3-2-4-10-17)25-24-19-12-6-11-18(21(19)28)15-7-5-8-16(13-15)23(30)31/h6,11-12,15-17,24,28H,2-5,7-10,13H2,1H3,(H,30,31). The number of nitrogens with one attached hydrogen (secondary N) is 1. The highest BCUT2D eigenvalue weighted by atomic mass is 16.4. The van der Waals surface area contributed by atoms with Gasteiger partial charge in [0.1, 0.15) is 5.75 Å². The zero-order valence-electron chi connectivity index (χ0n) is 17.9. The van der Waals surface area contributed by atoms with Crippen molar-refractivity contribution in [2.75, 3.05) is 5.43 Å². The van der Waals surface area contributed by atoms with Crippen LogP contribution < -0.4 is 5.43 Å². The SMILES string of the molecule is CC1=NN(C2CCCCC2)C(=O)C1=NNc1cccc(C2CCCC(C(=O)O)C2)c1O. The van der Waals surface area contributed by atoms with Crippen molar-refractivity contribution < 1.29 is 19.8 Å². The third-order valence-corrected chi connectivity index (χ3v) is 6.75. The molecule has 2 aliphatic carbocycles. The van der Waals surface area contributed by atoms with E-state index in [1.807, 2.05) is 12.1 Å². The lowest BCUT2D eigenvalue weighted by Gasteiger charge is -2.28. The molecule has 2 fully saturated rings. The summed E-state index contributed by atoms with van der Waals surface area (Å²) in [4.78, 5) is 24.3. The van der Waals surface area contributed by atoms with Crippen molar-refractivity contribution in [3.05, 3.63) is 23.8 Å². The number of carbonyl (C=O) groups is 2. The lowest BCUT2D eigenvalue weighted by atomic mass is 9.77. The number of phenolic OH excluding ortho intramolecular Hbond substituents is 1. The molecule has 0 bridgehead atoms. The van der Waals surface area contributed by atoms with Crippen LogP contribution in [0.2, 0.25) is 0 Å². The second kappa shape index (κ2) is 9.08. The number of hydrogen-bond donors (Lipinski definition) is 3. The molecule has 1 aromatic rings. The van der Waals surface area contributed by atoms with Gasteiger partial charge in [0.2, 0.25) is 0 Å². The van der Waals surface area contributed by atoms with Crippen molar-refractivity contribution in [3.8, 4) is 5.75 Å². The van der Waals surface area contributed by atoms with E-state index in [9.17, 15) is 19.8 Å². The second-order valence-corrected chi connectivity index (χ2v) is 8.84. The monoisotopic (exact) mass is 426 g/mol. The molecule has 1 heterocycles. The fraction of sp³-hybridized carbons (Fsp3) is 0.565. The molecule has 3 N–H and O–H groups in total. The highest BCUT2D eigenvalue weighted by Crippen LogP contribution is 2.42. The maximum absolute atomic E-state index is 12.9. The van der Waals surface area contributed by atoms with Crippen LogP contribution >= 0.6 is 0 Å². The van der Waals surface area contributed by atoms with Gasteiger partial charge in [0.05, 0.1) is 23.4 Å². The number of amides is 1. The molecule has 1 amide bonds. The minimum atomic E-state index is -0.776. The Labute approximate surface area is 182 Å². The fourth-order valence-electron chi connectivity index (χ4n) is 5.01. The van der Waals surface area contributed by atoms with Crippen LogP contribution in [0.25, 0.3) is 0 Å². The van der Waals surface area contributed by atoms with Gasteiger partial charge >= 0.3 is 5.97 Å². The fourth-order valence-corrected chi connectivity index (χ4v) is 5.01. The van der Waals surface area contributed by atoms with Crippen molar-refractivity contribution in [1.82, 2.24) is 5.01 Å². The molecule has 1 aromatic carbocycles. The Bertz CT molecular complexity index is 920. The molecule has 8 heteroatoms. The molecule has 0 spiro atoms. The van der Waals surface area contributed by atoms with E-state index < -0.39 is 5.97 Å². The smallest absolute Gasteiger partial charge is 0.306 e. The van der Waals surface area contributed by atoms with Gasteiger partial charge in [0.15, 0.2) is 5.71 Å². The number of para-hydroxylation sites is 1. The molecule has 2 saturated carbocycles. The molecular formula is C23H30N4O4. The predicted octanol–water partition coefficient (Wildman–Crippen LogP) is 4.07. The summed E-state index contributed by atoms with van der Waals surface area (Å²) in [5.74, 6) is -1.31. The number of phenols is 1. The van der Waals surface area contributed by atoms with E-state index in [4.69, 9.17) is 0 Å². The maximum atomic E-state index is 12.9. The van der Waals surface area contributed by atoms with Crippen LogP contribution in [0, 0.1) is 5.92 Å². The van der Waals surface area contributed by atoms with Gasteiger partial charge in [-0.1, -0.05) is 37.8 Å². The lowest BCUT2D eigenvalue weighted by Crippen LogP contribution is -2.37. The molecule has 4 rings (SSSR count). The van der Waals surface area contributed by atoms with Gasteiger partial charge in [-0.15, -0.1) is 0 Å². The Hall–Kier alpha value is -2.90. The number of carboxylic acid groups (broad SMARTS) is 1. The zero-order valence-corrected chi connectivity index (χ0v) is 17.9. The number of hydrogen-bond acceptors (Lipinski definition) is 6. The highest BCUT2D eigenvalue weighted by molar-refractivity contribution is 6.68. The van der Waals surface area contributed by atoms with Crippen LogP contribution in [0.15, 0.2) is 28.4 Å². The number of aliphatic carboxylic acids is 1. The normalized spacial score (nSPS) is 26.2. The highest BCUT2D eigenvalue weighted by Gasteiger charge is 2.35. The van der Waals surface area contributed by atoms with E-state index in [1.54, 1.807) is 18.0 Å². The molecule has 2 unspecified atom stereocenters. The van der Waals surface area contributed by atoms with Crippen molar-refractivity contribution in [1.29, 1.82) is 0 Å². The lowest BCUT2D eigenvalue weighted by molar-refractivity contribution is -0.143. The zero-order chi connectivity index (χ0) is 22.0.